The zero-order valence-corrected chi connectivity index (χ0v) is 14.6. The van der Waals surface area contributed by atoms with Gasteiger partial charge in [-0.05, 0) is 36.6 Å². The number of carbonyl (C=O) groups excluding carboxylic acids is 1. The number of methoxy groups -OCH3 is 1. The Bertz CT molecular complexity index is 760. The van der Waals surface area contributed by atoms with Crippen LogP contribution in [0, 0.1) is 0 Å². The molecule has 0 N–H and O–H groups in total. The van der Waals surface area contributed by atoms with Crippen molar-refractivity contribution in [2.75, 3.05) is 25.2 Å². The number of fused-ring (bicyclic) bond motifs is 1. The molecule has 3 rings (SSSR count). The first kappa shape index (κ1) is 16.7. The number of carbonyl (C=O) groups is 1. The molecule has 0 aromatic heterocycles. The average molecular weight is 346 g/mol. The quantitative estimate of drug-likeness (QED) is 0.809. The lowest BCUT2D eigenvalue weighted by atomic mass is 10.1. The van der Waals surface area contributed by atoms with E-state index in [1.54, 1.807) is 24.1 Å². The highest BCUT2D eigenvalue weighted by molar-refractivity contribution is 6.32. The van der Waals surface area contributed by atoms with Crippen LogP contribution in [0.15, 0.2) is 36.4 Å². The van der Waals surface area contributed by atoms with E-state index in [-0.39, 0.29) is 5.91 Å². The van der Waals surface area contributed by atoms with Crippen molar-refractivity contribution < 1.29 is 14.3 Å². The number of rotatable bonds is 5. The van der Waals surface area contributed by atoms with Gasteiger partial charge in [0.15, 0.2) is 11.5 Å². The molecule has 0 bridgehead atoms. The molecule has 4 nitrogen and oxygen atoms in total. The van der Waals surface area contributed by atoms with Gasteiger partial charge in [-0.15, -0.1) is 0 Å². The first-order chi connectivity index (χ1) is 11.7. The van der Waals surface area contributed by atoms with Gasteiger partial charge < -0.3 is 14.4 Å². The summed E-state index contributed by atoms with van der Waals surface area (Å²) >= 11 is 6.32. The molecule has 1 heterocycles. The summed E-state index contributed by atoms with van der Waals surface area (Å²) in [5.74, 6) is 0.883. The van der Waals surface area contributed by atoms with Crippen LogP contribution in [0.3, 0.4) is 0 Å². The summed E-state index contributed by atoms with van der Waals surface area (Å²) in [6.45, 7) is 3.23. The van der Waals surface area contributed by atoms with Gasteiger partial charge in [-0.2, -0.15) is 0 Å². The molecule has 2 aromatic carbocycles. The number of ether oxygens (including phenoxy) is 2. The number of para-hydroxylation sites is 1. The van der Waals surface area contributed by atoms with Crippen LogP contribution in [0.1, 0.15) is 29.3 Å². The van der Waals surface area contributed by atoms with Crippen molar-refractivity contribution in [1.82, 2.24) is 0 Å². The summed E-state index contributed by atoms with van der Waals surface area (Å²) in [7, 11) is 1.55. The summed E-state index contributed by atoms with van der Waals surface area (Å²) in [6.07, 6.45) is 1.73. The molecular formula is C19H20ClNO3. The SMILES string of the molecule is CCCOc1c(Cl)cc(C(=O)N2CCc3ccccc32)cc1OC. The van der Waals surface area contributed by atoms with Crippen molar-refractivity contribution in [3.05, 3.63) is 52.5 Å². The Morgan fingerprint density at radius 3 is 2.83 bits per heavy atom. The van der Waals surface area contributed by atoms with Crippen LogP contribution in [0.5, 0.6) is 11.5 Å². The van der Waals surface area contributed by atoms with Gasteiger partial charge >= 0.3 is 0 Å². The number of nitrogens with zero attached hydrogens (tertiary/aromatic N) is 1. The minimum Gasteiger partial charge on any atom is -0.493 e. The van der Waals surface area contributed by atoms with E-state index in [1.165, 1.54) is 5.56 Å². The van der Waals surface area contributed by atoms with Crippen molar-refractivity contribution in [2.45, 2.75) is 19.8 Å². The normalized spacial score (nSPS) is 12.9. The maximum absolute atomic E-state index is 12.9. The first-order valence-electron chi connectivity index (χ1n) is 8.05. The van der Waals surface area contributed by atoms with E-state index >= 15 is 0 Å². The molecule has 1 aliphatic rings. The zero-order chi connectivity index (χ0) is 17.1. The molecule has 1 amide bonds. The van der Waals surface area contributed by atoms with E-state index in [0.29, 0.717) is 35.2 Å². The molecule has 24 heavy (non-hydrogen) atoms. The fraction of sp³-hybridized carbons (Fsp3) is 0.316. The minimum absolute atomic E-state index is 0.0813. The lowest BCUT2D eigenvalue weighted by molar-refractivity contribution is 0.0989. The predicted octanol–water partition coefficient (Wildman–Crippen LogP) is 4.34. The van der Waals surface area contributed by atoms with Gasteiger partial charge in [0.2, 0.25) is 0 Å². The van der Waals surface area contributed by atoms with Crippen LogP contribution in [-0.2, 0) is 6.42 Å². The molecule has 0 spiro atoms. The lowest BCUT2D eigenvalue weighted by Gasteiger charge is -2.19. The first-order valence-corrected chi connectivity index (χ1v) is 8.43. The fourth-order valence-electron chi connectivity index (χ4n) is 2.89. The number of hydrogen-bond acceptors (Lipinski definition) is 3. The smallest absolute Gasteiger partial charge is 0.258 e. The minimum atomic E-state index is -0.0813. The van der Waals surface area contributed by atoms with Crippen LogP contribution >= 0.6 is 11.6 Å². The Kier molecular flexibility index (Phi) is 4.95. The van der Waals surface area contributed by atoms with Gasteiger partial charge in [-0.1, -0.05) is 36.7 Å². The van der Waals surface area contributed by atoms with Gasteiger partial charge in [0.05, 0.1) is 18.7 Å². The molecule has 1 aliphatic heterocycles. The summed E-state index contributed by atoms with van der Waals surface area (Å²) in [5.41, 5.74) is 2.65. The molecule has 5 heteroatoms. The van der Waals surface area contributed by atoms with E-state index in [4.69, 9.17) is 21.1 Å². The molecule has 0 saturated heterocycles. The number of amides is 1. The maximum Gasteiger partial charge on any atom is 0.258 e. The van der Waals surface area contributed by atoms with Crippen LogP contribution < -0.4 is 14.4 Å². The van der Waals surface area contributed by atoms with E-state index in [2.05, 4.69) is 6.07 Å². The Hall–Kier alpha value is -2.20. The summed E-state index contributed by atoms with van der Waals surface area (Å²) in [5, 5.41) is 0.388. The highest BCUT2D eigenvalue weighted by Gasteiger charge is 2.26. The zero-order valence-electron chi connectivity index (χ0n) is 13.8. The van der Waals surface area contributed by atoms with Crippen molar-refractivity contribution >= 4 is 23.2 Å². The number of hydrogen-bond donors (Lipinski definition) is 0. The van der Waals surface area contributed by atoms with Crippen molar-refractivity contribution in [2.24, 2.45) is 0 Å². The Morgan fingerprint density at radius 1 is 1.29 bits per heavy atom. The molecule has 0 saturated carbocycles. The fourth-order valence-corrected chi connectivity index (χ4v) is 3.16. The highest BCUT2D eigenvalue weighted by atomic mass is 35.5. The highest BCUT2D eigenvalue weighted by Crippen LogP contribution is 2.38. The average Bonchev–Trinajstić information content (AvgIpc) is 3.03. The molecule has 0 atom stereocenters. The molecule has 0 unspecified atom stereocenters. The summed E-state index contributed by atoms with van der Waals surface area (Å²) in [6, 6.07) is 11.3. The van der Waals surface area contributed by atoms with E-state index < -0.39 is 0 Å². The largest absolute Gasteiger partial charge is 0.493 e. The molecule has 126 valence electrons. The second-order valence-electron chi connectivity index (χ2n) is 5.67. The Labute approximate surface area is 146 Å². The molecule has 0 fully saturated rings. The van der Waals surface area contributed by atoms with Gasteiger partial charge in [0.25, 0.3) is 5.91 Å². The third kappa shape index (κ3) is 3.06. The van der Waals surface area contributed by atoms with Crippen LogP contribution in [0.2, 0.25) is 5.02 Å². The third-order valence-electron chi connectivity index (χ3n) is 4.06. The topological polar surface area (TPSA) is 38.8 Å². The van der Waals surface area contributed by atoms with Crippen LogP contribution in [0.25, 0.3) is 0 Å². The van der Waals surface area contributed by atoms with Crippen molar-refractivity contribution in [3.63, 3.8) is 0 Å². The Morgan fingerprint density at radius 2 is 2.08 bits per heavy atom. The van der Waals surface area contributed by atoms with Gasteiger partial charge in [-0.3, -0.25) is 4.79 Å². The monoisotopic (exact) mass is 345 g/mol. The van der Waals surface area contributed by atoms with E-state index in [9.17, 15) is 4.79 Å². The second-order valence-corrected chi connectivity index (χ2v) is 6.08. The standard InChI is InChI=1S/C19H20ClNO3/c1-3-10-24-18-15(20)11-14(12-17(18)23-2)19(22)21-9-8-13-6-4-5-7-16(13)21/h4-7,11-12H,3,8-10H2,1-2H3. The van der Waals surface area contributed by atoms with Crippen LogP contribution in [0.4, 0.5) is 5.69 Å². The van der Waals surface area contributed by atoms with Crippen molar-refractivity contribution in [3.8, 4) is 11.5 Å². The third-order valence-corrected chi connectivity index (χ3v) is 4.34. The maximum atomic E-state index is 12.9. The van der Waals surface area contributed by atoms with Gasteiger partial charge in [0, 0.05) is 17.8 Å². The van der Waals surface area contributed by atoms with Crippen LogP contribution in [-0.4, -0.2) is 26.2 Å². The number of benzene rings is 2. The molecule has 0 aliphatic carbocycles. The molecule has 2 aromatic rings. The summed E-state index contributed by atoms with van der Waals surface area (Å²) < 4.78 is 11.0. The summed E-state index contributed by atoms with van der Waals surface area (Å²) in [4.78, 5) is 14.7. The van der Waals surface area contributed by atoms with Gasteiger partial charge in [-0.25, -0.2) is 0 Å². The Balaban J connectivity index is 1.92. The van der Waals surface area contributed by atoms with E-state index in [1.807, 2.05) is 25.1 Å². The number of halogens is 1. The lowest BCUT2D eigenvalue weighted by Crippen LogP contribution is -2.28. The van der Waals surface area contributed by atoms with Crippen molar-refractivity contribution in [1.29, 1.82) is 0 Å². The predicted molar refractivity (Wildman–Crippen MR) is 95.6 cm³/mol. The molecular weight excluding hydrogens is 326 g/mol. The number of anilines is 1. The second kappa shape index (κ2) is 7.14. The van der Waals surface area contributed by atoms with Gasteiger partial charge in [0.1, 0.15) is 0 Å². The van der Waals surface area contributed by atoms with E-state index in [0.717, 1.165) is 18.5 Å². The molecule has 0 radical (unpaired) electrons.